The Kier molecular flexibility index (Phi) is 4.11. The topological polar surface area (TPSA) is 25.2 Å². The van der Waals surface area contributed by atoms with Gasteiger partial charge in [0.05, 0.1) is 10.2 Å². The predicted molar refractivity (Wildman–Crippen MR) is 92.2 cm³/mol. The molecule has 0 atom stereocenters. The van der Waals surface area contributed by atoms with Gasteiger partial charge in [-0.05, 0) is 23.1 Å². The number of aromatic nitrogens is 1. The van der Waals surface area contributed by atoms with Crippen molar-refractivity contribution >= 4 is 27.5 Å². The van der Waals surface area contributed by atoms with Gasteiger partial charge in [-0.25, -0.2) is 0 Å². The third kappa shape index (κ3) is 2.70. The third-order valence-corrected chi connectivity index (χ3v) is 4.59. The summed E-state index contributed by atoms with van der Waals surface area (Å²) >= 11 is 1.66. The number of benzene rings is 1. The van der Waals surface area contributed by atoms with Crippen molar-refractivity contribution in [3.8, 4) is 0 Å². The summed E-state index contributed by atoms with van der Waals surface area (Å²) in [6, 6.07) is 14.1. The van der Waals surface area contributed by atoms with Gasteiger partial charge in [0.15, 0.2) is 0 Å². The van der Waals surface area contributed by atoms with Crippen LogP contribution in [0.2, 0.25) is 0 Å². The predicted octanol–water partition coefficient (Wildman–Crippen LogP) is 4.07. The average Bonchev–Trinajstić information content (AvgIpc) is 3.11. The molecule has 3 rings (SSSR count). The van der Waals surface area contributed by atoms with Gasteiger partial charge >= 0.3 is 0 Å². The summed E-state index contributed by atoms with van der Waals surface area (Å²) in [7, 11) is 1.94. The van der Waals surface area contributed by atoms with Crippen molar-refractivity contribution in [3.05, 3.63) is 71.8 Å². The Morgan fingerprint density at radius 3 is 2.77 bits per heavy atom. The maximum absolute atomic E-state index is 12.9. The fourth-order valence-corrected chi connectivity index (χ4v) is 3.45. The van der Waals surface area contributed by atoms with Crippen LogP contribution in [-0.4, -0.2) is 21.9 Å². The zero-order valence-corrected chi connectivity index (χ0v) is 13.3. The Labute approximate surface area is 134 Å². The number of hydrogen-bond donors (Lipinski definition) is 0. The van der Waals surface area contributed by atoms with Gasteiger partial charge in [-0.1, -0.05) is 36.4 Å². The molecule has 0 saturated heterocycles. The lowest BCUT2D eigenvalue weighted by Crippen LogP contribution is -2.32. The van der Waals surface area contributed by atoms with E-state index in [0.29, 0.717) is 13.1 Å². The van der Waals surface area contributed by atoms with Crippen molar-refractivity contribution in [2.45, 2.75) is 6.54 Å². The highest BCUT2D eigenvalue weighted by atomic mass is 32.1. The van der Waals surface area contributed by atoms with E-state index in [1.807, 2.05) is 64.4 Å². The van der Waals surface area contributed by atoms with E-state index in [-0.39, 0.29) is 5.91 Å². The molecule has 0 radical (unpaired) electrons. The lowest BCUT2D eigenvalue weighted by atomic mass is 10.2. The normalized spacial score (nSPS) is 10.8. The van der Waals surface area contributed by atoms with E-state index in [2.05, 4.69) is 6.58 Å². The summed E-state index contributed by atoms with van der Waals surface area (Å²) in [4.78, 5) is 14.7. The molecule has 0 bridgehead atoms. The molecule has 1 amide bonds. The molecular formula is C18H18N2OS. The first-order valence-electron chi connectivity index (χ1n) is 7.17. The lowest BCUT2D eigenvalue weighted by Gasteiger charge is -2.21. The Balaban J connectivity index is 1.90. The number of hydrogen-bond acceptors (Lipinski definition) is 2. The Morgan fingerprint density at radius 1 is 1.32 bits per heavy atom. The summed E-state index contributed by atoms with van der Waals surface area (Å²) in [5.74, 6) is 0.0367. The van der Waals surface area contributed by atoms with Crippen LogP contribution in [0.25, 0.3) is 10.2 Å². The molecule has 22 heavy (non-hydrogen) atoms. The maximum atomic E-state index is 12.9. The number of amides is 1. The van der Waals surface area contributed by atoms with Gasteiger partial charge in [0, 0.05) is 20.1 Å². The van der Waals surface area contributed by atoms with Crippen LogP contribution in [0.15, 0.2) is 60.5 Å². The van der Waals surface area contributed by atoms with Gasteiger partial charge in [-0.3, -0.25) is 4.79 Å². The summed E-state index contributed by atoms with van der Waals surface area (Å²) in [5.41, 5.74) is 2.94. The van der Waals surface area contributed by atoms with Crippen LogP contribution in [0.5, 0.6) is 0 Å². The quantitative estimate of drug-likeness (QED) is 0.652. The number of fused-ring (bicyclic) bond motifs is 1. The monoisotopic (exact) mass is 310 g/mol. The van der Waals surface area contributed by atoms with Crippen LogP contribution in [0, 0.1) is 0 Å². The molecule has 0 fully saturated rings. The summed E-state index contributed by atoms with van der Waals surface area (Å²) in [6.07, 6.45) is 1.77. The fourth-order valence-electron chi connectivity index (χ4n) is 2.60. The van der Waals surface area contributed by atoms with E-state index in [1.165, 1.54) is 0 Å². The standard InChI is InChI=1S/C18H18N2OS/c1-3-10-20(13-14-7-5-4-6-8-14)18(21)16-12-17-15(19(16)2)9-11-22-17/h3-9,11-12H,1,10,13H2,2H3. The van der Waals surface area contributed by atoms with E-state index in [0.717, 1.165) is 21.5 Å². The molecule has 0 spiro atoms. The minimum atomic E-state index is 0.0367. The highest BCUT2D eigenvalue weighted by Crippen LogP contribution is 2.25. The highest BCUT2D eigenvalue weighted by molar-refractivity contribution is 7.17. The Hall–Kier alpha value is -2.33. The van der Waals surface area contributed by atoms with E-state index >= 15 is 0 Å². The van der Waals surface area contributed by atoms with Crippen LogP contribution < -0.4 is 0 Å². The Bertz CT molecular complexity index is 801. The average molecular weight is 310 g/mol. The molecule has 2 aromatic heterocycles. The first kappa shape index (κ1) is 14.6. The molecule has 0 saturated carbocycles. The number of carbonyl (C=O) groups excluding carboxylic acids is 1. The first-order chi connectivity index (χ1) is 10.7. The molecule has 1 aromatic carbocycles. The first-order valence-corrected chi connectivity index (χ1v) is 8.05. The number of nitrogens with zero attached hydrogens (tertiary/aromatic N) is 2. The van der Waals surface area contributed by atoms with Gasteiger partial charge in [0.2, 0.25) is 0 Å². The van der Waals surface area contributed by atoms with E-state index in [1.54, 1.807) is 17.4 Å². The molecule has 112 valence electrons. The molecule has 4 heteroatoms. The zero-order valence-electron chi connectivity index (χ0n) is 12.5. The maximum Gasteiger partial charge on any atom is 0.271 e. The van der Waals surface area contributed by atoms with E-state index in [9.17, 15) is 4.79 Å². The molecule has 0 aliphatic rings. The van der Waals surface area contributed by atoms with Gasteiger partial charge in [-0.2, -0.15) is 0 Å². The van der Waals surface area contributed by atoms with Crippen LogP contribution in [0.3, 0.4) is 0 Å². The van der Waals surface area contributed by atoms with E-state index in [4.69, 9.17) is 0 Å². The second-order valence-corrected chi connectivity index (χ2v) is 6.17. The van der Waals surface area contributed by atoms with Crippen molar-refractivity contribution in [2.75, 3.05) is 6.54 Å². The van der Waals surface area contributed by atoms with Crippen LogP contribution >= 0.6 is 11.3 Å². The largest absolute Gasteiger partial charge is 0.339 e. The van der Waals surface area contributed by atoms with Crippen molar-refractivity contribution in [1.82, 2.24) is 9.47 Å². The number of aryl methyl sites for hydroxylation is 1. The van der Waals surface area contributed by atoms with Crippen molar-refractivity contribution in [3.63, 3.8) is 0 Å². The van der Waals surface area contributed by atoms with Crippen LogP contribution in [0.1, 0.15) is 16.1 Å². The Morgan fingerprint density at radius 2 is 2.09 bits per heavy atom. The van der Waals surface area contributed by atoms with Crippen LogP contribution in [-0.2, 0) is 13.6 Å². The van der Waals surface area contributed by atoms with Crippen LogP contribution in [0.4, 0.5) is 0 Å². The lowest BCUT2D eigenvalue weighted by molar-refractivity contribution is 0.0753. The van der Waals surface area contributed by atoms with Crippen molar-refractivity contribution in [2.24, 2.45) is 7.05 Å². The van der Waals surface area contributed by atoms with Gasteiger partial charge in [0.25, 0.3) is 5.91 Å². The van der Waals surface area contributed by atoms with Crippen molar-refractivity contribution < 1.29 is 4.79 Å². The van der Waals surface area contributed by atoms with Gasteiger partial charge in [-0.15, -0.1) is 17.9 Å². The molecule has 0 unspecified atom stereocenters. The summed E-state index contributed by atoms with van der Waals surface area (Å²) in [5, 5.41) is 2.05. The fraction of sp³-hybridized carbons (Fsp3) is 0.167. The molecular weight excluding hydrogens is 292 g/mol. The molecule has 0 N–H and O–H groups in total. The second kappa shape index (κ2) is 6.20. The number of rotatable bonds is 5. The number of carbonyl (C=O) groups is 1. The molecule has 3 aromatic rings. The third-order valence-electron chi connectivity index (χ3n) is 3.74. The molecule has 0 aliphatic heterocycles. The van der Waals surface area contributed by atoms with Crippen molar-refractivity contribution in [1.29, 1.82) is 0 Å². The zero-order chi connectivity index (χ0) is 15.5. The summed E-state index contributed by atoms with van der Waals surface area (Å²) in [6.45, 7) is 4.90. The molecule has 2 heterocycles. The van der Waals surface area contributed by atoms with E-state index < -0.39 is 0 Å². The highest BCUT2D eigenvalue weighted by Gasteiger charge is 2.20. The minimum absolute atomic E-state index is 0.0367. The number of thiophene rings is 1. The minimum Gasteiger partial charge on any atom is -0.339 e. The second-order valence-electron chi connectivity index (χ2n) is 5.22. The summed E-state index contributed by atoms with van der Waals surface area (Å²) < 4.78 is 3.11. The molecule has 0 aliphatic carbocycles. The SMILES string of the molecule is C=CCN(Cc1ccccc1)C(=O)c1cc2sccc2n1C. The smallest absolute Gasteiger partial charge is 0.271 e. The van der Waals surface area contributed by atoms with Gasteiger partial charge < -0.3 is 9.47 Å². The molecule has 3 nitrogen and oxygen atoms in total. The van der Waals surface area contributed by atoms with Gasteiger partial charge in [0.1, 0.15) is 5.69 Å².